The highest BCUT2D eigenvalue weighted by atomic mass is 19.4. The fourth-order valence-electron chi connectivity index (χ4n) is 9.23. The maximum absolute atomic E-state index is 15.6. The molecule has 0 radical (unpaired) electrons. The molecule has 0 saturated heterocycles. The number of rotatable bonds is 5. The van der Waals surface area contributed by atoms with Crippen molar-refractivity contribution in [3.8, 4) is 50.8 Å². The van der Waals surface area contributed by atoms with Gasteiger partial charge in [-0.3, -0.25) is 0 Å². The minimum atomic E-state index is -5.17. The summed E-state index contributed by atoms with van der Waals surface area (Å²) < 4.78 is 218. The van der Waals surface area contributed by atoms with Gasteiger partial charge in [0.2, 0.25) is 0 Å². The van der Waals surface area contributed by atoms with Crippen molar-refractivity contribution in [1.82, 2.24) is 9.13 Å². The second-order valence-electron chi connectivity index (χ2n) is 16.8. The fourth-order valence-corrected chi connectivity index (χ4v) is 9.23. The molecule has 0 saturated carbocycles. The van der Waals surface area contributed by atoms with Gasteiger partial charge in [-0.25, -0.2) is 0 Å². The minimum Gasteiger partial charge on any atom is -0.307 e. The molecule has 0 unspecified atom stereocenters. The highest BCUT2D eigenvalue weighted by Crippen LogP contribution is 2.47. The van der Waals surface area contributed by atoms with Crippen LogP contribution in [0.4, 0.5) is 65.9 Å². The van der Waals surface area contributed by atoms with Gasteiger partial charge < -0.3 is 9.13 Å². The molecule has 2 aromatic heterocycles. The zero-order valence-electron chi connectivity index (χ0n) is 36.0. The van der Waals surface area contributed by atoms with Crippen LogP contribution in [-0.4, -0.2) is 9.13 Å². The van der Waals surface area contributed by atoms with E-state index in [0.29, 0.717) is 40.6 Å². The molecule has 0 aliphatic carbocycles. The first-order valence-corrected chi connectivity index (χ1v) is 21.2. The van der Waals surface area contributed by atoms with E-state index in [9.17, 15) is 57.9 Å². The van der Waals surface area contributed by atoms with Crippen LogP contribution in [0, 0.1) is 11.3 Å². The molecular formula is C54H26F15N3. The quantitative estimate of drug-likeness (QED) is 0.158. The van der Waals surface area contributed by atoms with Gasteiger partial charge in [-0.05, 0) is 130 Å². The van der Waals surface area contributed by atoms with Gasteiger partial charge in [0.25, 0.3) is 0 Å². The van der Waals surface area contributed by atoms with E-state index < -0.39 is 75.4 Å². The summed E-state index contributed by atoms with van der Waals surface area (Å²) in [5.41, 5.74) is -8.11. The van der Waals surface area contributed by atoms with Gasteiger partial charge in [-0.1, -0.05) is 60.7 Å². The van der Waals surface area contributed by atoms with Crippen LogP contribution in [0.1, 0.15) is 33.4 Å². The van der Waals surface area contributed by atoms with Gasteiger partial charge in [0, 0.05) is 21.5 Å². The molecule has 0 N–H and O–H groups in total. The molecule has 0 aliphatic rings. The third-order valence-electron chi connectivity index (χ3n) is 12.4. The molecule has 0 spiro atoms. The molecule has 0 atom stereocenters. The van der Waals surface area contributed by atoms with Crippen molar-refractivity contribution in [3.63, 3.8) is 0 Å². The zero-order valence-corrected chi connectivity index (χ0v) is 36.0. The van der Waals surface area contributed by atoms with Gasteiger partial charge in [0.15, 0.2) is 0 Å². The summed E-state index contributed by atoms with van der Waals surface area (Å²) in [5.74, 6) is 0. The van der Waals surface area contributed by atoms with Crippen LogP contribution in [0.25, 0.3) is 88.4 Å². The molecule has 8 aromatic carbocycles. The average Bonchev–Trinajstić information content (AvgIpc) is 3.84. The van der Waals surface area contributed by atoms with E-state index in [-0.39, 0.29) is 73.1 Å². The normalized spacial score (nSPS) is 12.9. The van der Waals surface area contributed by atoms with Crippen molar-refractivity contribution in [2.75, 3.05) is 0 Å². The molecule has 10 rings (SSSR count). The Morgan fingerprint density at radius 3 is 1.12 bits per heavy atom. The van der Waals surface area contributed by atoms with Crippen LogP contribution >= 0.6 is 0 Å². The summed E-state index contributed by atoms with van der Waals surface area (Å²) in [6.07, 6.45) is -25.8. The molecule has 0 amide bonds. The summed E-state index contributed by atoms with van der Waals surface area (Å²) >= 11 is 0. The molecule has 362 valence electrons. The number of halogens is 15. The van der Waals surface area contributed by atoms with Gasteiger partial charge >= 0.3 is 30.9 Å². The molecular weight excluding hydrogens is 976 g/mol. The van der Waals surface area contributed by atoms with E-state index in [1.165, 1.54) is 71.3 Å². The summed E-state index contributed by atoms with van der Waals surface area (Å²) in [7, 11) is 0. The maximum atomic E-state index is 15.6. The monoisotopic (exact) mass is 1000 g/mol. The summed E-state index contributed by atoms with van der Waals surface area (Å²) in [6, 6.07) is 32.2. The summed E-state index contributed by atoms with van der Waals surface area (Å²) in [5, 5.41) is 10.9. The number of hydrogen-bond acceptors (Lipinski definition) is 1. The van der Waals surface area contributed by atoms with E-state index in [4.69, 9.17) is 0 Å². The lowest BCUT2D eigenvalue weighted by Crippen LogP contribution is -2.12. The van der Waals surface area contributed by atoms with E-state index in [0.717, 1.165) is 6.07 Å². The number of benzene rings is 8. The van der Waals surface area contributed by atoms with Crippen LogP contribution in [0.2, 0.25) is 0 Å². The molecule has 2 heterocycles. The number of nitriles is 1. The molecule has 18 heteroatoms. The third-order valence-corrected chi connectivity index (χ3v) is 12.4. The lowest BCUT2D eigenvalue weighted by atomic mass is 9.95. The Hall–Kier alpha value is -8.20. The largest absolute Gasteiger partial charge is 0.417 e. The topological polar surface area (TPSA) is 33.6 Å². The molecule has 0 bridgehead atoms. The van der Waals surface area contributed by atoms with Crippen molar-refractivity contribution in [2.24, 2.45) is 0 Å². The Bertz CT molecular complexity index is 3810. The summed E-state index contributed by atoms with van der Waals surface area (Å²) in [6.45, 7) is 0. The number of aromatic nitrogens is 2. The van der Waals surface area contributed by atoms with E-state index >= 15 is 13.2 Å². The number of para-hydroxylation sites is 2. The first kappa shape index (κ1) is 47.5. The number of nitrogens with zero attached hydrogens (tertiary/aromatic N) is 3. The van der Waals surface area contributed by atoms with Crippen LogP contribution in [0.15, 0.2) is 158 Å². The molecule has 72 heavy (non-hydrogen) atoms. The van der Waals surface area contributed by atoms with Crippen LogP contribution in [-0.2, 0) is 30.9 Å². The van der Waals surface area contributed by atoms with Crippen molar-refractivity contribution in [2.45, 2.75) is 30.9 Å². The predicted octanol–water partition coefficient (Wildman–Crippen LogP) is 17.8. The third kappa shape index (κ3) is 8.31. The lowest BCUT2D eigenvalue weighted by Gasteiger charge is -2.22. The number of fused-ring (bicyclic) bond motifs is 6. The Kier molecular flexibility index (Phi) is 10.8. The van der Waals surface area contributed by atoms with Gasteiger partial charge in [-0.2, -0.15) is 71.1 Å². The maximum Gasteiger partial charge on any atom is 0.417 e. The highest BCUT2D eigenvalue weighted by molar-refractivity contribution is 6.13. The first-order chi connectivity index (χ1) is 33.8. The van der Waals surface area contributed by atoms with Crippen molar-refractivity contribution >= 4 is 43.6 Å². The van der Waals surface area contributed by atoms with Gasteiger partial charge in [0.05, 0.1) is 72.9 Å². The average molecular weight is 1000 g/mol. The van der Waals surface area contributed by atoms with Crippen molar-refractivity contribution in [3.05, 3.63) is 191 Å². The number of alkyl halides is 15. The second-order valence-corrected chi connectivity index (χ2v) is 16.8. The molecule has 3 nitrogen and oxygen atoms in total. The first-order valence-electron chi connectivity index (χ1n) is 21.2. The van der Waals surface area contributed by atoms with Crippen LogP contribution < -0.4 is 0 Å². The van der Waals surface area contributed by atoms with Crippen molar-refractivity contribution < 1.29 is 65.9 Å². The fraction of sp³-hybridized carbons (Fsp3) is 0.0926. The molecule has 0 fully saturated rings. The van der Waals surface area contributed by atoms with Gasteiger partial charge in [0.1, 0.15) is 0 Å². The standard InChI is InChI=1S/C54H26F15N3/c55-50(56,57)34-17-32(18-35(23-34)51(58,59)60)29-12-14-46-41(21-29)38-8-1-3-10-44(38)71(46)48-25-40(31-7-5-6-28(16-31)27-70)43(54(67,68)69)26-49(48)72-45-11-4-2-9-39(45)42-22-30(13-15-47(42)72)33-19-36(52(61,62)63)24-37(20-33)53(64,65)66/h1-26H. The Balaban J connectivity index is 1.30. The molecule has 10 aromatic rings. The second kappa shape index (κ2) is 16.4. The van der Waals surface area contributed by atoms with E-state index in [2.05, 4.69) is 0 Å². The van der Waals surface area contributed by atoms with Crippen LogP contribution in [0.3, 0.4) is 0 Å². The summed E-state index contributed by atoms with van der Waals surface area (Å²) in [4.78, 5) is 0. The Morgan fingerprint density at radius 2 is 0.722 bits per heavy atom. The SMILES string of the molecule is N#Cc1cccc(-c2cc(-n3c4ccccc4c4cc(-c5cc(C(F)(F)F)cc(C(F)(F)F)c5)ccc43)c(-n3c4ccccc4c4cc(-c5cc(C(F)(F)F)cc(C(F)(F)F)c5)ccc43)cc2C(F)(F)F)c1. The minimum absolute atomic E-state index is 0.00554. The lowest BCUT2D eigenvalue weighted by molar-refractivity contribution is -0.144. The van der Waals surface area contributed by atoms with E-state index in [1.807, 2.05) is 6.07 Å². The Morgan fingerprint density at radius 1 is 0.319 bits per heavy atom. The predicted molar refractivity (Wildman–Crippen MR) is 241 cm³/mol. The highest BCUT2D eigenvalue weighted by Gasteiger charge is 2.40. The van der Waals surface area contributed by atoms with Crippen LogP contribution in [0.5, 0.6) is 0 Å². The van der Waals surface area contributed by atoms with Gasteiger partial charge in [-0.15, -0.1) is 0 Å². The number of hydrogen-bond donors (Lipinski definition) is 0. The Labute approximate surface area is 395 Å². The zero-order chi connectivity index (χ0) is 51.4. The molecule has 0 aliphatic heterocycles. The van der Waals surface area contributed by atoms with Crippen molar-refractivity contribution in [1.29, 1.82) is 5.26 Å². The smallest absolute Gasteiger partial charge is 0.307 e. The van der Waals surface area contributed by atoms with E-state index in [1.54, 1.807) is 53.1 Å².